The molecular formula is C24H27N7O5. The lowest BCUT2D eigenvalue weighted by atomic mass is 10.1. The molecular weight excluding hydrogens is 466 g/mol. The summed E-state index contributed by atoms with van der Waals surface area (Å²) in [5.41, 5.74) is 1.72. The fraction of sp³-hybridized carbons (Fsp3) is 0.333. The molecule has 0 aliphatic carbocycles. The van der Waals surface area contributed by atoms with Crippen molar-refractivity contribution in [3.8, 4) is 17.2 Å². The fourth-order valence-corrected chi connectivity index (χ4v) is 4.49. The lowest BCUT2D eigenvalue weighted by molar-refractivity contribution is 0.0596. The van der Waals surface area contributed by atoms with Gasteiger partial charge in [0.05, 0.1) is 45.9 Å². The molecule has 0 spiro atoms. The third-order valence-corrected chi connectivity index (χ3v) is 6.22. The molecule has 4 aromatic rings. The van der Waals surface area contributed by atoms with Crippen LogP contribution >= 0.6 is 0 Å². The molecule has 188 valence electrons. The normalized spacial score (nSPS) is 15.3. The SMILES string of the molecule is COC(=O)c1cc(-n2cnc(Nc3nc(N4CCCC4CO)c4cccn4n3)c2)cc(OC)c1OC. The number of carbonyl (C=O) groups is 1. The number of ether oxygens (including phenoxy) is 3. The molecule has 0 saturated carbocycles. The van der Waals surface area contributed by atoms with E-state index in [1.54, 1.807) is 33.7 Å². The minimum atomic E-state index is -0.547. The van der Waals surface area contributed by atoms with Gasteiger partial charge in [0.1, 0.15) is 17.4 Å². The molecule has 1 unspecified atom stereocenters. The van der Waals surface area contributed by atoms with Crippen LogP contribution in [0.3, 0.4) is 0 Å². The highest BCUT2D eigenvalue weighted by Crippen LogP contribution is 2.35. The van der Waals surface area contributed by atoms with Crippen molar-refractivity contribution >= 4 is 29.1 Å². The second-order valence-corrected chi connectivity index (χ2v) is 8.28. The Bertz CT molecular complexity index is 1400. The monoisotopic (exact) mass is 493 g/mol. The molecule has 0 amide bonds. The Hall–Kier alpha value is -4.32. The highest BCUT2D eigenvalue weighted by Gasteiger charge is 2.27. The van der Waals surface area contributed by atoms with Crippen molar-refractivity contribution in [2.45, 2.75) is 18.9 Å². The minimum Gasteiger partial charge on any atom is -0.493 e. The predicted molar refractivity (Wildman–Crippen MR) is 132 cm³/mol. The molecule has 3 aromatic heterocycles. The number of imidazole rings is 1. The van der Waals surface area contributed by atoms with Crippen LogP contribution in [-0.4, -0.2) is 75.7 Å². The molecule has 1 aromatic carbocycles. The van der Waals surface area contributed by atoms with E-state index in [-0.39, 0.29) is 24.0 Å². The first-order valence-electron chi connectivity index (χ1n) is 11.4. The quantitative estimate of drug-likeness (QED) is 0.353. The van der Waals surface area contributed by atoms with Gasteiger partial charge in [-0.25, -0.2) is 14.3 Å². The van der Waals surface area contributed by atoms with Crippen LogP contribution in [-0.2, 0) is 4.74 Å². The van der Waals surface area contributed by atoms with Gasteiger partial charge in [-0.3, -0.25) is 0 Å². The Kier molecular flexibility index (Phi) is 6.34. The van der Waals surface area contributed by atoms with E-state index in [9.17, 15) is 9.90 Å². The number of hydrogen-bond donors (Lipinski definition) is 2. The third kappa shape index (κ3) is 4.15. The van der Waals surface area contributed by atoms with E-state index in [0.717, 1.165) is 30.7 Å². The van der Waals surface area contributed by atoms with Gasteiger partial charge in [-0.15, -0.1) is 5.10 Å². The summed E-state index contributed by atoms with van der Waals surface area (Å²) in [7, 11) is 4.27. The smallest absolute Gasteiger partial charge is 0.341 e. The standard InChI is InChI=1S/C24H27N7O5/c1-34-19-11-16(10-17(21(19)35-2)23(33)36-3)29-12-20(25-14-29)26-24-27-22(18-7-5-9-31(18)28-24)30-8-4-6-15(30)13-32/h5,7,9-12,14-15,32H,4,6,8,13H2,1-3H3,(H,26,28). The summed E-state index contributed by atoms with van der Waals surface area (Å²) in [6, 6.07) is 7.27. The van der Waals surface area contributed by atoms with Crippen molar-refractivity contribution in [2.75, 3.05) is 44.7 Å². The van der Waals surface area contributed by atoms with E-state index >= 15 is 0 Å². The van der Waals surface area contributed by atoms with E-state index < -0.39 is 5.97 Å². The number of methoxy groups -OCH3 is 3. The third-order valence-electron chi connectivity index (χ3n) is 6.22. The summed E-state index contributed by atoms with van der Waals surface area (Å²) in [6.07, 6.45) is 7.11. The van der Waals surface area contributed by atoms with Crippen LogP contribution in [0.15, 0.2) is 43.0 Å². The van der Waals surface area contributed by atoms with Crippen LogP contribution in [0.4, 0.5) is 17.6 Å². The zero-order valence-corrected chi connectivity index (χ0v) is 20.2. The summed E-state index contributed by atoms with van der Waals surface area (Å²) in [5.74, 6) is 1.75. The maximum absolute atomic E-state index is 12.3. The Morgan fingerprint density at radius 1 is 1.25 bits per heavy atom. The van der Waals surface area contributed by atoms with E-state index in [1.165, 1.54) is 21.3 Å². The fourth-order valence-electron chi connectivity index (χ4n) is 4.49. The van der Waals surface area contributed by atoms with Crippen LogP contribution in [0, 0.1) is 0 Å². The number of carbonyl (C=O) groups excluding carboxylic acids is 1. The average molecular weight is 494 g/mol. The number of anilines is 3. The maximum atomic E-state index is 12.3. The van der Waals surface area contributed by atoms with Gasteiger partial charge < -0.3 is 34.1 Å². The van der Waals surface area contributed by atoms with Gasteiger partial charge in [0, 0.05) is 18.8 Å². The van der Waals surface area contributed by atoms with Gasteiger partial charge in [-0.1, -0.05) is 0 Å². The first-order chi connectivity index (χ1) is 17.6. The molecule has 1 saturated heterocycles. The van der Waals surface area contributed by atoms with E-state index in [4.69, 9.17) is 19.2 Å². The lowest BCUT2D eigenvalue weighted by Gasteiger charge is -2.25. The Morgan fingerprint density at radius 3 is 2.86 bits per heavy atom. The van der Waals surface area contributed by atoms with Crippen LogP contribution in [0.25, 0.3) is 11.2 Å². The number of hydrogen-bond acceptors (Lipinski definition) is 10. The van der Waals surface area contributed by atoms with Gasteiger partial charge in [0.2, 0.25) is 5.95 Å². The Morgan fingerprint density at radius 2 is 2.11 bits per heavy atom. The maximum Gasteiger partial charge on any atom is 0.341 e. The summed E-state index contributed by atoms with van der Waals surface area (Å²) in [6.45, 7) is 0.891. The lowest BCUT2D eigenvalue weighted by Crippen LogP contribution is -2.33. The second-order valence-electron chi connectivity index (χ2n) is 8.28. The molecule has 4 heterocycles. The van der Waals surface area contributed by atoms with E-state index in [1.807, 2.05) is 18.3 Å². The van der Waals surface area contributed by atoms with Crippen LogP contribution in [0.2, 0.25) is 0 Å². The highest BCUT2D eigenvalue weighted by molar-refractivity contribution is 5.94. The topological polar surface area (TPSA) is 128 Å². The van der Waals surface area contributed by atoms with Crippen LogP contribution in [0.1, 0.15) is 23.2 Å². The molecule has 12 nitrogen and oxygen atoms in total. The van der Waals surface area contributed by atoms with Crippen molar-refractivity contribution in [3.05, 3.63) is 48.5 Å². The number of aliphatic hydroxyl groups is 1. The summed E-state index contributed by atoms with van der Waals surface area (Å²) in [4.78, 5) is 23.6. The first kappa shape index (κ1) is 23.4. The van der Waals surface area contributed by atoms with Gasteiger partial charge in [0.25, 0.3) is 0 Å². The number of rotatable bonds is 8. The average Bonchev–Trinajstić information content (AvgIpc) is 3.67. The predicted octanol–water partition coefficient (Wildman–Crippen LogP) is 2.42. The molecule has 36 heavy (non-hydrogen) atoms. The van der Waals surface area contributed by atoms with Crippen molar-refractivity contribution in [1.29, 1.82) is 0 Å². The summed E-state index contributed by atoms with van der Waals surface area (Å²) in [5, 5.41) is 17.5. The molecule has 12 heteroatoms. The largest absolute Gasteiger partial charge is 0.493 e. The molecule has 1 atom stereocenters. The van der Waals surface area contributed by atoms with Gasteiger partial charge in [0.15, 0.2) is 23.1 Å². The van der Waals surface area contributed by atoms with Crippen molar-refractivity contribution in [1.82, 2.24) is 24.1 Å². The molecule has 2 N–H and O–H groups in total. The highest BCUT2D eigenvalue weighted by atomic mass is 16.5. The van der Waals surface area contributed by atoms with Crippen molar-refractivity contribution in [3.63, 3.8) is 0 Å². The number of nitrogens with one attached hydrogen (secondary N) is 1. The molecule has 5 rings (SSSR count). The zero-order chi connectivity index (χ0) is 25.2. The van der Waals surface area contributed by atoms with Crippen molar-refractivity contribution < 1.29 is 24.1 Å². The number of benzene rings is 1. The van der Waals surface area contributed by atoms with Gasteiger partial charge in [-0.2, -0.15) is 4.98 Å². The number of nitrogens with zero attached hydrogens (tertiary/aromatic N) is 6. The van der Waals surface area contributed by atoms with Crippen LogP contribution < -0.4 is 19.7 Å². The summed E-state index contributed by atoms with van der Waals surface area (Å²) >= 11 is 0. The number of aromatic nitrogens is 5. The second kappa shape index (κ2) is 9.74. The van der Waals surface area contributed by atoms with Crippen molar-refractivity contribution in [2.24, 2.45) is 0 Å². The Balaban J connectivity index is 1.47. The van der Waals surface area contributed by atoms with E-state index in [0.29, 0.717) is 23.2 Å². The van der Waals surface area contributed by atoms with Crippen LogP contribution in [0.5, 0.6) is 11.5 Å². The molecule has 1 aliphatic heterocycles. The van der Waals surface area contributed by atoms with Gasteiger partial charge in [-0.05, 0) is 31.0 Å². The number of aliphatic hydroxyl groups excluding tert-OH is 1. The molecule has 1 aliphatic rings. The number of fused-ring (bicyclic) bond motifs is 1. The zero-order valence-electron chi connectivity index (χ0n) is 20.2. The molecule has 0 radical (unpaired) electrons. The number of esters is 1. The molecule has 1 fully saturated rings. The Labute approximate surface area is 207 Å². The first-order valence-corrected chi connectivity index (χ1v) is 11.4. The summed E-state index contributed by atoms with van der Waals surface area (Å²) < 4.78 is 19.2. The van der Waals surface area contributed by atoms with E-state index in [2.05, 4.69) is 20.3 Å². The van der Waals surface area contributed by atoms with Gasteiger partial charge >= 0.3 is 5.97 Å². The minimum absolute atomic E-state index is 0.0275. The molecule has 0 bridgehead atoms.